The van der Waals surface area contributed by atoms with E-state index in [2.05, 4.69) is 37.8 Å². The number of hydrogen-bond donors (Lipinski definition) is 2. The molecule has 0 spiro atoms. The molecular weight excluding hydrogens is 364 g/mol. The molecule has 0 bridgehead atoms. The molecule has 2 N–H and O–H groups in total. The Bertz CT molecular complexity index is 902. The zero-order valence-electron chi connectivity index (χ0n) is 15.2. The van der Waals surface area contributed by atoms with E-state index in [0.717, 1.165) is 61.5 Å². The summed E-state index contributed by atoms with van der Waals surface area (Å²) < 4.78 is 4.21. The molecule has 1 aromatic carbocycles. The molecule has 0 aliphatic rings. The summed E-state index contributed by atoms with van der Waals surface area (Å²) in [5.74, 6) is 1.69. The Morgan fingerprint density at radius 3 is 1.73 bits per heavy atom. The van der Waals surface area contributed by atoms with Crippen LogP contribution in [0.5, 0.6) is 0 Å². The second-order valence-electron chi connectivity index (χ2n) is 6.16. The van der Waals surface area contributed by atoms with E-state index in [-0.39, 0.29) is 0 Å². The predicted molar refractivity (Wildman–Crippen MR) is 106 cm³/mol. The Morgan fingerprint density at radius 1 is 0.846 bits per heavy atom. The first-order chi connectivity index (χ1) is 12.6. The SMILES string of the molecule is CCCCn1sc(=N)nc1-c1cccc(-c2nc(=N)sn2CCCC)c1. The molecule has 0 unspecified atom stereocenters. The first kappa shape index (κ1) is 18.7. The van der Waals surface area contributed by atoms with E-state index < -0.39 is 0 Å². The zero-order chi connectivity index (χ0) is 18.5. The van der Waals surface area contributed by atoms with Crippen LogP contribution in [0, 0.1) is 10.8 Å². The summed E-state index contributed by atoms with van der Waals surface area (Å²) in [4.78, 5) is 9.53. The fourth-order valence-corrected chi connectivity index (χ4v) is 4.34. The van der Waals surface area contributed by atoms with Gasteiger partial charge in [-0.2, -0.15) is 9.97 Å². The molecule has 26 heavy (non-hydrogen) atoms. The Labute approximate surface area is 161 Å². The summed E-state index contributed by atoms with van der Waals surface area (Å²) in [6.45, 7) is 6.10. The maximum Gasteiger partial charge on any atom is 0.219 e. The van der Waals surface area contributed by atoms with Gasteiger partial charge in [-0.25, -0.2) is 0 Å². The van der Waals surface area contributed by atoms with E-state index in [1.807, 2.05) is 18.2 Å². The van der Waals surface area contributed by atoms with E-state index in [1.54, 1.807) is 0 Å². The summed E-state index contributed by atoms with van der Waals surface area (Å²) in [5.41, 5.74) is 1.99. The lowest BCUT2D eigenvalue weighted by Crippen LogP contribution is -2.00. The molecule has 0 aliphatic heterocycles. The number of hydrogen-bond acceptors (Lipinski definition) is 6. The maximum atomic E-state index is 7.92. The van der Waals surface area contributed by atoms with Gasteiger partial charge >= 0.3 is 0 Å². The number of nitrogens with zero attached hydrogens (tertiary/aromatic N) is 4. The third-order valence-corrected chi connectivity index (χ3v) is 5.77. The molecule has 0 fully saturated rings. The fraction of sp³-hybridized carbons (Fsp3) is 0.444. The van der Waals surface area contributed by atoms with Crippen LogP contribution in [0.3, 0.4) is 0 Å². The third kappa shape index (κ3) is 4.19. The third-order valence-electron chi connectivity index (χ3n) is 4.09. The van der Waals surface area contributed by atoms with Gasteiger partial charge in [-0.1, -0.05) is 44.9 Å². The molecule has 3 rings (SSSR count). The van der Waals surface area contributed by atoms with Crippen LogP contribution in [-0.4, -0.2) is 17.9 Å². The second-order valence-corrected chi connectivity index (χ2v) is 8.18. The lowest BCUT2D eigenvalue weighted by atomic mass is 10.1. The van der Waals surface area contributed by atoms with Gasteiger partial charge in [0.2, 0.25) is 9.60 Å². The minimum absolute atomic E-state index is 0.335. The topological polar surface area (TPSA) is 83.3 Å². The van der Waals surface area contributed by atoms with E-state index in [1.165, 1.54) is 23.1 Å². The summed E-state index contributed by atoms with van der Waals surface area (Å²) >= 11 is 2.79. The average Bonchev–Trinajstić information content (AvgIpc) is 3.20. The Hall–Kier alpha value is -2.06. The molecule has 0 amide bonds. The number of aromatic nitrogens is 4. The van der Waals surface area contributed by atoms with Crippen molar-refractivity contribution < 1.29 is 0 Å². The highest BCUT2D eigenvalue weighted by molar-refractivity contribution is 7.03. The molecule has 0 atom stereocenters. The van der Waals surface area contributed by atoms with Crippen molar-refractivity contribution in [3.63, 3.8) is 0 Å². The molecule has 3 aromatic rings. The average molecular weight is 389 g/mol. The molecule has 0 saturated carbocycles. The molecule has 6 nitrogen and oxygen atoms in total. The highest BCUT2D eigenvalue weighted by atomic mass is 32.1. The van der Waals surface area contributed by atoms with Crippen molar-refractivity contribution in [1.29, 1.82) is 10.8 Å². The number of rotatable bonds is 8. The molecule has 138 valence electrons. The van der Waals surface area contributed by atoms with Crippen LogP contribution in [0.4, 0.5) is 0 Å². The van der Waals surface area contributed by atoms with Crippen LogP contribution in [0.25, 0.3) is 22.8 Å². The van der Waals surface area contributed by atoms with E-state index >= 15 is 0 Å². The summed E-state index contributed by atoms with van der Waals surface area (Å²) in [6.07, 6.45) is 4.37. The van der Waals surface area contributed by atoms with Gasteiger partial charge < -0.3 is 0 Å². The van der Waals surface area contributed by atoms with Gasteiger partial charge in [-0.15, -0.1) is 0 Å². The quantitative estimate of drug-likeness (QED) is 0.609. The van der Waals surface area contributed by atoms with Crippen molar-refractivity contribution in [1.82, 2.24) is 17.9 Å². The van der Waals surface area contributed by atoms with Crippen LogP contribution in [-0.2, 0) is 13.1 Å². The highest BCUT2D eigenvalue weighted by Gasteiger charge is 2.13. The Balaban J connectivity index is 2.00. The monoisotopic (exact) mass is 388 g/mol. The van der Waals surface area contributed by atoms with Crippen LogP contribution in [0.1, 0.15) is 39.5 Å². The lowest BCUT2D eigenvalue weighted by molar-refractivity contribution is 0.669. The first-order valence-corrected chi connectivity index (χ1v) is 10.5. The number of nitrogens with one attached hydrogen (secondary N) is 2. The first-order valence-electron chi connectivity index (χ1n) is 8.98. The van der Waals surface area contributed by atoms with Crippen molar-refractivity contribution in [2.45, 2.75) is 52.6 Å². The van der Waals surface area contributed by atoms with E-state index in [4.69, 9.17) is 10.8 Å². The summed E-state index contributed by atoms with van der Waals surface area (Å²) in [6, 6.07) is 8.15. The summed E-state index contributed by atoms with van der Waals surface area (Å²) in [5, 5.41) is 15.8. The minimum Gasteiger partial charge on any atom is -0.278 e. The standard InChI is InChI=1S/C18H24N6S2/c1-3-5-10-23-15(21-17(19)25-23)13-8-7-9-14(12-13)16-22-18(20)26-24(16)11-6-4-2/h7-9,12,19-20H,3-6,10-11H2,1-2H3. The normalized spacial score (nSPS) is 11.2. The highest BCUT2D eigenvalue weighted by Crippen LogP contribution is 2.25. The van der Waals surface area contributed by atoms with Crippen molar-refractivity contribution in [2.75, 3.05) is 0 Å². The van der Waals surface area contributed by atoms with E-state index in [9.17, 15) is 0 Å². The minimum atomic E-state index is 0.335. The smallest absolute Gasteiger partial charge is 0.219 e. The van der Waals surface area contributed by atoms with Crippen molar-refractivity contribution in [3.8, 4) is 22.8 Å². The van der Waals surface area contributed by atoms with Gasteiger partial charge in [-0.05, 0) is 42.0 Å². The predicted octanol–water partition coefficient (Wildman–Crippen LogP) is 4.10. The molecule has 8 heteroatoms. The number of benzene rings is 1. The van der Waals surface area contributed by atoms with Crippen molar-refractivity contribution in [3.05, 3.63) is 33.9 Å². The van der Waals surface area contributed by atoms with Crippen LogP contribution < -0.4 is 9.60 Å². The maximum absolute atomic E-state index is 7.92. The van der Waals surface area contributed by atoms with Crippen LogP contribution in [0.15, 0.2) is 24.3 Å². The van der Waals surface area contributed by atoms with Gasteiger partial charge in [-0.3, -0.25) is 18.7 Å². The Kier molecular flexibility index (Phi) is 6.16. The largest absolute Gasteiger partial charge is 0.278 e. The van der Waals surface area contributed by atoms with Crippen molar-refractivity contribution >= 4 is 23.1 Å². The molecule has 2 heterocycles. The molecule has 0 aliphatic carbocycles. The second kappa shape index (κ2) is 8.55. The van der Waals surface area contributed by atoms with Gasteiger partial charge in [0.15, 0.2) is 11.6 Å². The molecular formula is C18H24N6S2. The molecule has 2 aromatic heterocycles. The van der Waals surface area contributed by atoms with Crippen molar-refractivity contribution in [2.24, 2.45) is 0 Å². The van der Waals surface area contributed by atoms with Gasteiger partial charge in [0, 0.05) is 24.2 Å². The fourth-order valence-electron chi connectivity index (χ4n) is 2.76. The van der Waals surface area contributed by atoms with E-state index in [0.29, 0.717) is 9.60 Å². The van der Waals surface area contributed by atoms with Crippen LogP contribution in [0.2, 0.25) is 0 Å². The lowest BCUT2D eigenvalue weighted by Gasteiger charge is -2.09. The van der Waals surface area contributed by atoms with Gasteiger partial charge in [0.1, 0.15) is 0 Å². The van der Waals surface area contributed by atoms with Gasteiger partial charge in [0.25, 0.3) is 0 Å². The Morgan fingerprint density at radius 2 is 1.31 bits per heavy atom. The summed E-state index contributed by atoms with van der Waals surface area (Å²) in [7, 11) is 0. The number of aryl methyl sites for hydroxylation is 2. The number of unbranched alkanes of at least 4 members (excludes halogenated alkanes) is 2. The molecule has 0 saturated heterocycles. The van der Waals surface area contributed by atoms with Crippen LogP contribution >= 0.6 is 23.1 Å². The molecule has 0 radical (unpaired) electrons. The zero-order valence-corrected chi connectivity index (χ0v) is 16.8. The van der Waals surface area contributed by atoms with Gasteiger partial charge in [0.05, 0.1) is 0 Å².